The molecule has 2 aromatic carbocycles. The van der Waals surface area contributed by atoms with E-state index in [1.807, 2.05) is 55.5 Å². The third-order valence-electron chi connectivity index (χ3n) is 4.73. The number of carbonyl (C=O) groups excluding carboxylic acids is 2. The topological polar surface area (TPSA) is 67.9 Å². The second kappa shape index (κ2) is 11.1. The summed E-state index contributed by atoms with van der Waals surface area (Å²) in [5.74, 6) is 1.22. The summed E-state index contributed by atoms with van der Waals surface area (Å²) in [5.41, 5.74) is 2.08. The normalized spacial score (nSPS) is 11.4. The smallest absolute Gasteiger partial charge is 0.242 e. The highest BCUT2D eigenvalue weighted by Gasteiger charge is 2.25. The average Bonchev–Trinajstić information content (AvgIpc) is 2.75. The molecule has 0 saturated carbocycles. The molecule has 6 nitrogen and oxygen atoms in total. The van der Waals surface area contributed by atoms with Crippen molar-refractivity contribution in [3.05, 3.63) is 59.7 Å². The SMILES string of the molecule is CNC(=O)[C@@H](C)N(Cc1cccc(OC)c1)C(=O)CCCOc1ccc(C)cc1. The van der Waals surface area contributed by atoms with E-state index < -0.39 is 6.04 Å². The number of ether oxygens (including phenoxy) is 2. The predicted molar refractivity (Wildman–Crippen MR) is 113 cm³/mol. The first-order valence-corrected chi connectivity index (χ1v) is 9.78. The van der Waals surface area contributed by atoms with Gasteiger partial charge >= 0.3 is 0 Å². The fourth-order valence-electron chi connectivity index (χ4n) is 2.95. The number of amides is 2. The summed E-state index contributed by atoms with van der Waals surface area (Å²) in [5, 5.41) is 2.62. The number of benzene rings is 2. The Hall–Kier alpha value is -3.02. The van der Waals surface area contributed by atoms with Crippen molar-refractivity contribution in [3.63, 3.8) is 0 Å². The van der Waals surface area contributed by atoms with Crippen molar-refractivity contribution in [3.8, 4) is 11.5 Å². The third kappa shape index (κ3) is 6.82. The van der Waals surface area contributed by atoms with E-state index >= 15 is 0 Å². The molecule has 6 heteroatoms. The quantitative estimate of drug-likeness (QED) is 0.624. The third-order valence-corrected chi connectivity index (χ3v) is 4.73. The molecule has 0 unspecified atom stereocenters. The molecular formula is C23H30N2O4. The van der Waals surface area contributed by atoms with Gasteiger partial charge < -0.3 is 19.7 Å². The lowest BCUT2D eigenvalue weighted by molar-refractivity contribution is -0.140. The highest BCUT2D eigenvalue weighted by molar-refractivity contribution is 5.87. The number of rotatable bonds is 10. The maximum Gasteiger partial charge on any atom is 0.242 e. The number of hydrogen-bond donors (Lipinski definition) is 1. The molecule has 2 aromatic rings. The van der Waals surface area contributed by atoms with Gasteiger partial charge in [-0.3, -0.25) is 9.59 Å². The van der Waals surface area contributed by atoms with E-state index in [2.05, 4.69) is 5.32 Å². The molecule has 0 aliphatic rings. The Morgan fingerprint density at radius 3 is 2.48 bits per heavy atom. The van der Waals surface area contributed by atoms with Gasteiger partial charge in [-0.05, 0) is 50.1 Å². The number of nitrogens with one attached hydrogen (secondary N) is 1. The number of carbonyl (C=O) groups is 2. The molecule has 2 amide bonds. The highest BCUT2D eigenvalue weighted by Crippen LogP contribution is 2.17. The standard InChI is InChI=1S/C23H30N2O4/c1-17-10-12-20(13-11-17)29-14-6-9-22(26)25(18(2)23(27)24-3)16-19-7-5-8-21(15-19)28-4/h5,7-8,10-13,15,18H,6,9,14,16H2,1-4H3,(H,24,27)/t18-/m1/s1. The summed E-state index contributed by atoms with van der Waals surface area (Å²) >= 11 is 0. The average molecular weight is 399 g/mol. The lowest BCUT2D eigenvalue weighted by Gasteiger charge is -2.28. The first-order valence-electron chi connectivity index (χ1n) is 9.78. The summed E-state index contributed by atoms with van der Waals surface area (Å²) in [6, 6.07) is 14.7. The fraction of sp³-hybridized carbons (Fsp3) is 0.391. The van der Waals surface area contributed by atoms with Crippen molar-refractivity contribution in [2.75, 3.05) is 20.8 Å². The number of aryl methyl sites for hydroxylation is 1. The van der Waals surface area contributed by atoms with Gasteiger partial charge in [0.2, 0.25) is 11.8 Å². The molecule has 0 saturated heterocycles. The van der Waals surface area contributed by atoms with E-state index in [1.165, 1.54) is 5.56 Å². The van der Waals surface area contributed by atoms with Crippen LogP contribution in [0.1, 0.15) is 30.9 Å². The van der Waals surface area contributed by atoms with Crippen LogP contribution < -0.4 is 14.8 Å². The molecule has 0 bridgehead atoms. The van der Waals surface area contributed by atoms with Gasteiger partial charge in [-0.2, -0.15) is 0 Å². The van der Waals surface area contributed by atoms with Gasteiger partial charge in [0.05, 0.1) is 13.7 Å². The molecule has 156 valence electrons. The van der Waals surface area contributed by atoms with Gasteiger partial charge in [-0.15, -0.1) is 0 Å². The minimum atomic E-state index is -0.572. The Bertz CT molecular complexity index is 805. The minimum Gasteiger partial charge on any atom is -0.497 e. The zero-order valence-electron chi connectivity index (χ0n) is 17.6. The van der Waals surface area contributed by atoms with Crippen LogP contribution in [-0.4, -0.2) is 43.5 Å². The Morgan fingerprint density at radius 1 is 1.10 bits per heavy atom. The highest BCUT2D eigenvalue weighted by atomic mass is 16.5. The second-order valence-corrected chi connectivity index (χ2v) is 6.93. The molecular weight excluding hydrogens is 368 g/mol. The lowest BCUT2D eigenvalue weighted by Crippen LogP contribution is -2.46. The number of likely N-dealkylation sites (N-methyl/N-ethyl adjacent to an activating group) is 1. The Labute approximate surface area is 172 Å². The van der Waals surface area contributed by atoms with Crippen LogP contribution >= 0.6 is 0 Å². The van der Waals surface area contributed by atoms with Crippen LogP contribution in [0.15, 0.2) is 48.5 Å². The maximum atomic E-state index is 12.9. The molecule has 0 aliphatic carbocycles. The van der Waals surface area contributed by atoms with E-state index in [9.17, 15) is 9.59 Å². The molecule has 29 heavy (non-hydrogen) atoms. The summed E-state index contributed by atoms with van der Waals surface area (Å²) in [7, 11) is 3.17. The van der Waals surface area contributed by atoms with Crippen LogP contribution in [-0.2, 0) is 16.1 Å². The van der Waals surface area contributed by atoms with Crippen molar-refractivity contribution >= 4 is 11.8 Å². The van der Waals surface area contributed by atoms with Crippen molar-refractivity contribution < 1.29 is 19.1 Å². The van der Waals surface area contributed by atoms with E-state index in [0.717, 1.165) is 11.3 Å². The van der Waals surface area contributed by atoms with Gasteiger partial charge in [0, 0.05) is 20.0 Å². The molecule has 0 aliphatic heterocycles. The van der Waals surface area contributed by atoms with E-state index in [-0.39, 0.29) is 11.8 Å². The van der Waals surface area contributed by atoms with Crippen LogP contribution in [0.5, 0.6) is 11.5 Å². The predicted octanol–water partition coefficient (Wildman–Crippen LogP) is 3.33. The molecule has 0 spiro atoms. The van der Waals surface area contributed by atoms with Crippen LogP contribution in [0.3, 0.4) is 0 Å². The molecule has 0 fully saturated rings. The van der Waals surface area contributed by atoms with Gasteiger partial charge in [0.25, 0.3) is 0 Å². The van der Waals surface area contributed by atoms with Gasteiger partial charge in [0.15, 0.2) is 0 Å². The zero-order chi connectivity index (χ0) is 21.2. The first kappa shape index (κ1) is 22.3. The monoisotopic (exact) mass is 398 g/mol. The van der Waals surface area contributed by atoms with Crippen molar-refractivity contribution in [1.29, 1.82) is 0 Å². The fourth-order valence-corrected chi connectivity index (χ4v) is 2.95. The Balaban J connectivity index is 1.97. The second-order valence-electron chi connectivity index (χ2n) is 6.93. The van der Waals surface area contributed by atoms with E-state index in [1.54, 1.807) is 26.0 Å². The minimum absolute atomic E-state index is 0.0866. The summed E-state index contributed by atoms with van der Waals surface area (Å²) < 4.78 is 11.0. The Morgan fingerprint density at radius 2 is 1.83 bits per heavy atom. The van der Waals surface area contributed by atoms with Gasteiger partial charge in [0.1, 0.15) is 17.5 Å². The van der Waals surface area contributed by atoms with E-state index in [4.69, 9.17) is 9.47 Å². The number of hydrogen-bond acceptors (Lipinski definition) is 4. The van der Waals surface area contributed by atoms with Crippen LogP contribution in [0.2, 0.25) is 0 Å². The largest absolute Gasteiger partial charge is 0.497 e. The zero-order valence-corrected chi connectivity index (χ0v) is 17.6. The lowest BCUT2D eigenvalue weighted by atomic mass is 10.1. The summed E-state index contributed by atoms with van der Waals surface area (Å²) in [6.45, 7) is 4.53. The summed E-state index contributed by atoms with van der Waals surface area (Å²) in [6.07, 6.45) is 0.874. The molecule has 2 rings (SSSR count). The van der Waals surface area contributed by atoms with Crippen LogP contribution in [0, 0.1) is 6.92 Å². The van der Waals surface area contributed by atoms with E-state index in [0.29, 0.717) is 31.7 Å². The first-order chi connectivity index (χ1) is 13.9. The number of nitrogens with zero attached hydrogens (tertiary/aromatic N) is 1. The van der Waals surface area contributed by atoms with Crippen molar-refractivity contribution in [2.45, 2.75) is 39.3 Å². The molecule has 0 radical (unpaired) electrons. The van der Waals surface area contributed by atoms with Crippen LogP contribution in [0.25, 0.3) is 0 Å². The molecule has 0 aromatic heterocycles. The maximum absolute atomic E-state index is 12.9. The van der Waals surface area contributed by atoms with Gasteiger partial charge in [-0.1, -0.05) is 29.8 Å². The van der Waals surface area contributed by atoms with Crippen molar-refractivity contribution in [2.24, 2.45) is 0 Å². The van der Waals surface area contributed by atoms with Crippen LogP contribution in [0.4, 0.5) is 0 Å². The number of methoxy groups -OCH3 is 1. The summed E-state index contributed by atoms with van der Waals surface area (Å²) in [4.78, 5) is 26.6. The van der Waals surface area contributed by atoms with Gasteiger partial charge in [-0.25, -0.2) is 0 Å². The molecule has 1 N–H and O–H groups in total. The van der Waals surface area contributed by atoms with Crippen molar-refractivity contribution in [1.82, 2.24) is 10.2 Å². The molecule has 1 atom stereocenters. The Kier molecular flexibility index (Phi) is 8.52. The molecule has 0 heterocycles.